The maximum absolute atomic E-state index is 6.57. The van der Waals surface area contributed by atoms with E-state index in [2.05, 4.69) is 65.5 Å². The van der Waals surface area contributed by atoms with Gasteiger partial charge in [0.2, 0.25) is 34.7 Å². The second-order valence-electron chi connectivity index (χ2n) is 11.0. The van der Waals surface area contributed by atoms with Crippen molar-refractivity contribution in [1.29, 1.82) is 0 Å². The molecule has 0 aromatic rings. The van der Waals surface area contributed by atoms with Crippen LogP contribution >= 0.6 is 0 Å². The summed E-state index contributed by atoms with van der Waals surface area (Å²) in [7, 11) is -5.28. The van der Waals surface area contributed by atoms with Crippen molar-refractivity contribution in [1.82, 2.24) is 10.5 Å². The standard InChI is InChI=1S/C20H54N2O9Si6/c1-23-36(24-2,19-15-17-21(27-32(5)6)29-34(9,10)11)31-37(25-3,26-4)20-16-18-22(28-33(7)8)30-35(12,13)14/h15-20H2,1-14H3. The quantitative estimate of drug-likeness (QED) is 0.122. The summed E-state index contributed by atoms with van der Waals surface area (Å²) in [5, 5.41) is 3.29. The first-order valence-corrected chi connectivity index (χ1v) is 28.2. The molecule has 0 aliphatic rings. The Morgan fingerprint density at radius 1 is 0.541 bits per heavy atom. The summed E-state index contributed by atoms with van der Waals surface area (Å²) in [5.41, 5.74) is 0. The Labute approximate surface area is 234 Å². The fraction of sp³-hybridized carbons (Fsp3) is 1.00. The minimum absolute atomic E-state index is 0.567. The zero-order chi connectivity index (χ0) is 28.9. The first kappa shape index (κ1) is 37.9. The molecule has 0 aliphatic carbocycles. The number of rotatable bonds is 22. The average Bonchev–Trinajstić information content (AvgIpc) is 2.74. The molecule has 0 aromatic heterocycles. The van der Waals surface area contributed by atoms with E-state index in [4.69, 9.17) is 39.9 Å². The van der Waals surface area contributed by atoms with Gasteiger partial charge < -0.3 is 39.9 Å². The van der Waals surface area contributed by atoms with E-state index in [0.29, 0.717) is 38.0 Å². The molecular formula is C20H54N2O9Si6. The molecule has 17 heteroatoms. The van der Waals surface area contributed by atoms with Gasteiger partial charge in [-0.15, -0.1) is 0 Å². The summed E-state index contributed by atoms with van der Waals surface area (Å²) >= 11 is 0. The highest BCUT2D eigenvalue weighted by Gasteiger charge is 2.51. The van der Waals surface area contributed by atoms with E-state index in [0.717, 1.165) is 0 Å². The molecule has 222 valence electrons. The lowest BCUT2D eigenvalue weighted by molar-refractivity contribution is -0.268. The number of hydrogen-bond donors (Lipinski definition) is 0. The van der Waals surface area contributed by atoms with Gasteiger partial charge >= 0.3 is 17.6 Å². The van der Waals surface area contributed by atoms with Crippen LogP contribution in [0, 0.1) is 0 Å². The van der Waals surface area contributed by atoms with Gasteiger partial charge in [0, 0.05) is 53.6 Å². The molecule has 0 rings (SSSR count). The van der Waals surface area contributed by atoms with Crippen LogP contribution < -0.4 is 0 Å². The second-order valence-corrected chi connectivity index (χ2v) is 30.0. The molecule has 0 N–H and O–H groups in total. The molecule has 0 amide bonds. The van der Waals surface area contributed by atoms with Gasteiger partial charge in [0.05, 0.1) is 0 Å². The van der Waals surface area contributed by atoms with Crippen LogP contribution in [-0.2, 0) is 39.9 Å². The highest BCUT2D eigenvalue weighted by molar-refractivity contribution is 6.75. The van der Waals surface area contributed by atoms with E-state index >= 15 is 0 Å². The number of hydrogen-bond acceptors (Lipinski definition) is 11. The van der Waals surface area contributed by atoms with Gasteiger partial charge in [0.15, 0.2) is 0 Å². The van der Waals surface area contributed by atoms with E-state index in [9.17, 15) is 0 Å². The monoisotopic (exact) mass is 634 g/mol. The molecule has 2 radical (unpaired) electrons. The fourth-order valence-corrected chi connectivity index (χ4v) is 12.2. The van der Waals surface area contributed by atoms with Gasteiger partial charge in [-0.1, -0.05) is 10.5 Å². The molecule has 11 nitrogen and oxygen atoms in total. The molecule has 0 aromatic carbocycles. The summed E-state index contributed by atoms with van der Waals surface area (Å²) in [4.78, 5) is 0. The Morgan fingerprint density at radius 2 is 0.838 bits per heavy atom. The van der Waals surface area contributed by atoms with E-state index < -0.39 is 52.3 Å². The normalized spacial score (nSPS) is 14.1. The van der Waals surface area contributed by atoms with Crippen molar-refractivity contribution in [2.24, 2.45) is 0 Å². The third kappa shape index (κ3) is 17.3. The number of nitrogens with zero attached hydrogens (tertiary/aromatic N) is 2. The zero-order valence-corrected chi connectivity index (χ0v) is 31.8. The van der Waals surface area contributed by atoms with Crippen LogP contribution in [0.25, 0.3) is 0 Å². The van der Waals surface area contributed by atoms with E-state index in [1.165, 1.54) is 0 Å². The Hall–Kier alpha value is 0.861. The third-order valence-corrected chi connectivity index (χ3v) is 14.1. The maximum Gasteiger partial charge on any atom is 0.493 e. The molecule has 0 bridgehead atoms. The lowest BCUT2D eigenvalue weighted by atomic mass is 10.5. The molecule has 0 unspecified atom stereocenters. The largest absolute Gasteiger partial charge is 0.493 e. The van der Waals surface area contributed by atoms with E-state index in [1.54, 1.807) is 38.9 Å². The first-order chi connectivity index (χ1) is 16.9. The SMILES string of the molecule is CO[Si](CCCN(O[Si](C)C)O[Si](C)(C)C)(OC)O[Si](CCCN(O[Si](C)C)O[Si](C)(C)C)(OC)OC. The van der Waals surface area contributed by atoms with Gasteiger partial charge in [-0.3, -0.25) is 0 Å². The van der Waals surface area contributed by atoms with Gasteiger partial charge in [0.1, 0.15) is 0 Å². The molecule has 0 spiro atoms. The van der Waals surface area contributed by atoms with Gasteiger partial charge in [-0.2, -0.15) is 0 Å². The zero-order valence-electron chi connectivity index (χ0n) is 25.8. The van der Waals surface area contributed by atoms with Crippen LogP contribution in [0.5, 0.6) is 0 Å². The Bertz CT molecular complexity index is 554. The lowest BCUT2D eigenvalue weighted by Gasteiger charge is -2.36. The first-order valence-electron chi connectivity index (χ1n) is 12.7. The summed E-state index contributed by atoms with van der Waals surface area (Å²) in [5.74, 6) is 0. The van der Waals surface area contributed by atoms with Crippen LogP contribution in [0.15, 0.2) is 0 Å². The molecule has 0 heterocycles. The van der Waals surface area contributed by atoms with Crippen LogP contribution in [0.2, 0.25) is 77.6 Å². The van der Waals surface area contributed by atoms with Crippen molar-refractivity contribution in [2.45, 2.75) is 90.4 Å². The van der Waals surface area contributed by atoms with Crippen molar-refractivity contribution in [2.75, 3.05) is 41.5 Å². The van der Waals surface area contributed by atoms with Crippen LogP contribution in [0.3, 0.4) is 0 Å². The maximum atomic E-state index is 6.57. The average molecular weight is 635 g/mol. The molecule has 0 atom stereocenters. The Morgan fingerprint density at radius 3 is 1.05 bits per heavy atom. The minimum atomic E-state index is -3.10. The highest BCUT2D eigenvalue weighted by Crippen LogP contribution is 2.27. The molecule has 0 fully saturated rings. The lowest BCUT2D eigenvalue weighted by Crippen LogP contribution is -2.57. The molecule has 0 aliphatic heterocycles. The predicted octanol–water partition coefficient (Wildman–Crippen LogP) is 4.75. The van der Waals surface area contributed by atoms with Crippen LogP contribution in [-0.4, -0.2) is 104 Å². The van der Waals surface area contributed by atoms with Crippen molar-refractivity contribution < 1.29 is 39.9 Å². The Balaban J connectivity index is 5.36. The highest BCUT2D eigenvalue weighted by atomic mass is 28.5. The molecule has 0 saturated heterocycles. The van der Waals surface area contributed by atoms with E-state index in [-0.39, 0.29) is 0 Å². The van der Waals surface area contributed by atoms with Gasteiger partial charge in [0.25, 0.3) is 0 Å². The summed E-state index contributed by atoms with van der Waals surface area (Å²) in [6.45, 7) is 22.3. The number of hydroxylamine groups is 4. The third-order valence-electron chi connectivity index (χ3n) is 4.52. The van der Waals surface area contributed by atoms with E-state index in [1.807, 2.05) is 0 Å². The van der Waals surface area contributed by atoms with Crippen LogP contribution in [0.1, 0.15) is 12.8 Å². The summed E-state index contributed by atoms with van der Waals surface area (Å²) in [6.07, 6.45) is 1.41. The second kappa shape index (κ2) is 17.6. The fourth-order valence-electron chi connectivity index (χ4n) is 3.17. The smallest absolute Gasteiger partial charge is 0.377 e. The predicted molar refractivity (Wildman–Crippen MR) is 159 cm³/mol. The van der Waals surface area contributed by atoms with Gasteiger partial charge in [-0.25, -0.2) is 0 Å². The molecule has 37 heavy (non-hydrogen) atoms. The Kier molecular flexibility index (Phi) is 18.0. The van der Waals surface area contributed by atoms with Crippen molar-refractivity contribution in [3.63, 3.8) is 0 Å². The summed E-state index contributed by atoms with van der Waals surface area (Å²) < 4.78 is 54.3. The van der Waals surface area contributed by atoms with Crippen LogP contribution in [0.4, 0.5) is 0 Å². The topological polar surface area (TPSA) is 89.6 Å². The molecule has 0 saturated carbocycles. The van der Waals surface area contributed by atoms with Gasteiger partial charge in [-0.05, 0) is 78.3 Å². The van der Waals surface area contributed by atoms with Crippen molar-refractivity contribution >= 4 is 52.3 Å². The van der Waals surface area contributed by atoms with Crippen molar-refractivity contribution in [3.8, 4) is 0 Å². The minimum Gasteiger partial charge on any atom is -0.377 e. The summed E-state index contributed by atoms with van der Waals surface area (Å²) in [6, 6.07) is 1.13. The van der Waals surface area contributed by atoms with Crippen molar-refractivity contribution in [3.05, 3.63) is 0 Å². The molecular weight excluding hydrogens is 581 g/mol.